The lowest BCUT2D eigenvalue weighted by Crippen LogP contribution is -2.11. The number of nitrogens with zero attached hydrogens (tertiary/aromatic N) is 2. The summed E-state index contributed by atoms with van der Waals surface area (Å²) in [6.45, 7) is 3.80. The molecule has 1 aromatic carbocycles. The molecule has 0 aliphatic carbocycles. The highest BCUT2D eigenvalue weighted by molar-refractivity contribution is 5.49. The van der Waals surface area contributed by atoms with Crippen LogP contribution < -0.4 is 20.1 Å². The first-order chi connectivity index (χ1) is 11.7. The first-order valence-electron chi connectivity index (χ1n) is 7.69. The van der Waals surface area contributed by atoms with Gasteiger partial charge in [0.2, 0.25) is 0 Å². The summed E-state index contributed by atoms with van der Waals surface area (Å²) < 4.78 is 15.6. The molecule has 0 unspecified atom stereocenters. The number of ether oxygens (including phenoxy) is 3. The van der Waals surface area contributed by atoms with E-state index in [0.29, 0.717) is 37.0 Å². The Morgan fingerprint density at radius 2 is 1.62 bits per heavy atom. The van der Waals surface area contributed by atoms with Crippen molar-refractivity contribution >= 4 is 11.6 Å². The molecule has 0 atom stereocenters. The summed E-state index contributed by atoms with van der Waals surface area (Å²) >= 11 is 0. The van der Waals surface area contributed by atoms with Crippen LogP contribution in [0.1, 0.15) is 11.4 Å². The van der Waals surface area contributed by atoms with Crippen LogP contribution in [0.3, 0.4) is 0 Å². The number of benzene rings is 1. The monoisotopic (exact) mass is 332 g/mol. The van der Waals surface area contributed by atoms with Crippen molar-refractivity contribution in [1.82, 2.24) is 9.97 Å². The number of nitrogens with one attached hydrogen (secondary N) is 2. The van der Waals surface area contributed by atoms with Crippen LogP contribution in [0.15, 0.2) is 24.3 Å². The second-order valence-corrected chi connectivity index (χ2v) is 5.15. The van der Waals surface area contributed by atoms with E-state index in [4.69, 9.17) is 14.2 Å². The molecule has 0 amide bonds. The third kappa shape index (κ3) is 4.99. The highest BCUT2D eigenvalue weighted by Gasteiger charge is 2.06. The average Bonchev–Trinajstić information content (AvgIpc) is 2.59. The Hall–Kier alpha value is -2.54. The Labute approximate surface area is 142 Å². The zero-order valence-corrected chi connectivity index (χ0v) is 14.5. The molecular weight excluding hydrogens is 308 g/mol. The van der Waals surface area contributed by atoms with Gasteiger partial charge in [0.15, 0.2) is 11.5 Å². The van der Waals surface area contributed by atoms with Crippen LogP contribution in [0.5, 0.6) is 11.5 Å². The number of methoxy groups -OCH3 is 3. The van der Waals surface area contributed by atoms with Crippen LogP contribution in [0.25, 0.3) is 0 Å². The maximum atomic E-state index is 5.32. The Kier molecular flexibility index (Phi) is 6.62. The van der Waals surface area contributed by atoms with E-state index >= 15 is 0 Å². The van der Waals surface area contributed by atoms with Gasteiger partial charge in [0, 0.05) is 26.3 Å². The lowest BCUT2D eigenvalue weighted by Gasteiger charge is -2.12. The number of hydrogen-bond acceptors (Lipinski definition) is 7. The van der Waals surface area contributed by atoms with Crippen molar-refractivity contribution in [2.75, 3.05) is 45.1 Å². The third-order valence-corrected chi connectivity index (χ3v) is 3.37. The minimum atomic E-state index is 0.619. The summed E-state index contributed by atoms with van der Waals surface area (Å²) in [7, 11) is 4.92. The summed E-state index contributed by atoms with van der Waals surface area (Å²) in [4.78, 5) is 8.76. The molecule has 1 heterocycles. The fraction of sp³-hybridized carbons (Fsp3) is 0.412. The maximum absolute atomic E-state index is 5.32. The van der Waals surface area contributed by atoms with Gasteiger partial charge in [-0.3, -0.25) is 0 Å². The van der Waals surface area contributed by atoms with Crippen LogP contribution in [0, 0.1) is 6.92 Å². The number of aryl methyl sites for hydroxylation is 1. The molecule has 0 radical (unpaired) electrons. The van der Waals surface area contributed by atoms with E-state index in [2.05, 4.69) is 20.6 Å². The topological polar surface area (TPSA) is 77.5 Å². The summed E-state index contributed by atoms with van der Waals surface area (Å²) in [5, 5.41) is 6.51. The van der Waals surface area contributed by atoms with E-state index in [1.807, 2.05) is 31.2 Å². The predicted octanol–water partition coefficient (Wildman–Crippen LogP) is 2.47. The normalized spacial score (nSPS) is 10.3. The van der Waals surface area contributed by atoms with Gasteiger partial charge in [-0.2, -0.15) is 0 Å². The van der Waals surface area contributed by atoms with Gasteiger partial charge in [0.05, 0.1) is 20.8 Å². The van der Waals surface area contributed by atoms with Crippen molar-refractivity contribution in [3.8, 4) is 11.5 Å². The molecule has 2 aromatic rings. The summed E-state index contributed by atoms with van der Waals surface area (Å²) in [5.41, 5.74) is 1.07. The van der Waals surface area contributed by atoms with E-state index in [-0.39, 0.29) is 0 Å². The van der Waals surface area contributed by atoms with Crippen LogP contribution in [0.4, 0.5) is 11.6 Å². The minimum Gasteiger partial charge on any atom is -0.493 e. The van der Waals surface area contributed by atoms with Crippen LogP contribution in [-0.4, -0.2) is 44.4 Å². The molecule has 0 fully saturated rings. The van der Waals surface area contributed by atoms with E-state index in [9.17, 15) is 0 Å². The van der Waals surface area contributed by atoms with Gasteiger partial charge in [-0.05, 0) is 24.6 Å². The standard InChI is InChI=1S/C17H24N4O3/c1-12-20-16(18-7-8-22-2)10-17(21-12)19-11-13-5-6-14(23-3)15(9-13)24-4/h5-6,9-10H,7-8,11H2,1-4H3,(H2,18,19,20,21). The molecule has 0 aliphatic rings. The zero-order chi connectivity index (χ0) is 17.4. The zero-order valence-electron chi connectivity index (χ0n) is 14.5. The second-order valence-electron chi connectivity index (χ2n) is 5.15. The lowest BCUT2D eigenvalue weighted by molar-refractivity contribution is 0.210. The molecule has 2 N–H and O–H groups in total. The SMILES string of the molecule is COCCNc1cc(NCc2ccc(OC)c(OC)c2)nc(C)n1. The predicted molar refractivity (Wildman–Crippen MR) is 94.0 cm³/mol. The molecule has 7 heteroatoms. The fourth-order valence-electron chi connectivity index (χ4n) is 2.21. The van der Waals surface area contributed by atoms with Gasteiger partial charge in [-0.1, -0.05) is 6.07 Å². The maximum Gasteiger partial charge on any atom is 0.161 e. The Bertz CT molecular complexity index is 664. The molecule has 0 bridgehead atoms. The minimum absolute atomic E-state index is 0.619. The molecule has 1 aromatic heterocycles. The molecule has 0 saturated carbocycles. The quantitative estimate of drug-likeness (QED) is 0.683. The fourth-order valence-corrected chi connectivity index (χ4v) is 2.21. The summed E-state index contributed by atoms with van der Waals surface area (Å²) in [5.74, 6) is 3.65. The molecule has 0 aliphatic heterocycles. The van der Waals surface area contributed by atoms with E-state index in [1.54, 1.807) is 21.3 Å². The highest BCUT2D eigenvalue weighted by atomic mass is 16.5. The van der Waals surface area contributed by atoms with E-state index < -0.39 is 0 Å². The number of hydrogen-bond donors (Lipinski definition) is 2. The van der Waals surface area contributed by atoms with E-state index in [0.717, 1.165) is 17.2 Å². The van der Waals surface area contributed by atoms with Gasteiger partial charge in [0.25, 0.3) is 0 Å². The smallest absolute Gasteiger partial charge is 0.161 e. The molecular formula is C17H24N4O3. The Morgan fingerprint density at radius 1 is 0.917 bits per heavy atom. The van der Waals surface area contributed by atoms with Gasteiger partial charge < -0.3 is 24.8 Å². The van der Waals surface area contributed by atoms with Crippen molar-refractivity contribution in [1.29, 1.82) is 0 Å². The van der Waals surface area contributed by atoms with Crippen molar-refractivity contribution in [2.24, 2.45) is 0 Å². The summed E-state index contributed by atoms with van der Waals surface area (Å²) in [6, 6.07) is 7.69. The number of aromatic nitrogens is 2. The van der Waals surface area contributed by atoms with Gasteiger partial charge >= 0.3 is 0 Å². The average molecular weight is 332 g/mol. The van der Waals surface area contributed by atoms with E-state index in [1.165, 1.54) is 0 Å². The molecule has 7 nitrogen and oxygen atoms in total. The van der Waals surface area contributed by atoms with Gasteiger partial charge in [-0.15, -0.1) is 0 Å². The van der Waals surface area contributed by atoms with Crippen molar-refractivity contribution in [3.05, 3.63) is 35.7 Å². The van der Waals surface area contributed by atoms with Gasteiger partial charge in [-0.25, -0.2) is 9.97 Å². The van der Waals surface area contributed by atoms with Crippen LogP contribution >= 0.6 is 0 Å². The van der Waals surface area contributed by atoms with Crippen molar-refractivity contribution < 1.29 is 14.2 Å². The lowest BCUT2D eigenvalue weighted by atomic mass is 10.2. The molecule has 130 valence electrons. The first kappa shape index (κ1) is 17.8. The number of rotatable bonds is 9. The van der Waals surface area contributed by atoms with Crippen LogP contribution in [0.2, 0.25) is 0 Å². The van der Waals surface area contributed by atoms with Gasteiger partial charge in [0.1, 0.15) is 17.5 Å². The molecule has 0 spiro atoms. The first-order valence-corrected chi connectivity index (χ1v) is 7.69. The summed E-state index contributed by atoms with van der Waals surface area (Å²) in [6.07, 6.45) is 0. The highest BCUT2D eigenvalue weighted by Crippen LogP contribution is 2.27. The molecule has 2 rings (SSSR count). The largest absolute Gasteiger partial charge is 0.493 e. The Morgan fingerprint density at radius 3 is 2.29 bits per heavy atom. The van der Waals surface area contributed by atoms with Crippen molar-refractivity contribution in [3.63, 3.8) is 0 Å². The third-order valence-electron chi connectivity index (χ3n) is 3.37. The van der Waals surface area contributed by atoms with Crippen molar-refractivity contribution in [2.45, 2.75) is 13.5 Å². The van der Waals surface area contributed by atoms with Crippen LogP contribution in [-0.2, 0) is 11.3 Å². The number of anilines is 2. The molecule has 0 saturated heterocycles. The Balaban J connectivity index is 2.03. The molecule has 24 heavy (non-hydrogen) atoms. The second kappa shape index (κ2) is 8.93.